The summed E-state index contributed by atoms with van der Waals surface area (Å²) in [5.74, 6) is -1.40. The fourth-order valence-corrected chi connectivity index (χ4v) is 2.93. The molecule has 1 fully saturated rings. The van der Waals surface area contributed by atoms with Crippen LogP contribution in [0.5, 0.6) is 0 Å². The minimum Gasteiger partial charge on any atom is -0.480 e. The number of nitrogens with one attached hydrogen (secondary N) is 1. The van der Waals surface area contributed by atoms with Gasteiger partial charge >= 0.3 is 5.97 Å². The zero-order valence-corrected chi connectivity index (χ0v) is 12.3. The lowest BCUT2D eigenvalue weighted by atomic mass is 9.85. The molecule has 0 aliphatic heterocycles. The molecule has 6 nitrogen and oxygen atoms in total. The van der Waals surface area contributed by atoms with Gasteiger partial charge in [-0.3, -0.25) is 4.79 Å². The number of aromatic nitrogens is 1. The predicted octanol–water partition coefficient (Wildman–Crippen LogP) is 2.53. The Morgan fingerprint density at radius 2 is 1.90 bits per heavy atom. The van der Waals surface area contributed by atoms with Gasteiger partial charge in [-0.25, -0.2) is 4.79 Å². The maximum Gasteiger partial charge on any atom is 0.326 e. The first-order chi connectivity index (χ1) is 10.1. The summed E-state index contributed by atoms with van der Waals surface area (Å²) in [5.41, 5.74) is 0.765. The van der Waals surface area contributed by atoms with Gasteiger partial charge in [-0.05, 0) is 25.7 Å². The van der Waals surface area contributed by atoms with E-state index in [2.05, 4.69) is 10.5 Å². The molecule has 1 aliphatic carbocycles. The van der Waals surface area contributed by atoms with E-state index in [-0.39, 0.29) is 5.92 Å². The van der Waals surface area contributed by atoms with Crippen molar-refractivity contribution in [3.8, 4) is 0 Å². The quantitative estimate of drug-likeness (QED) is 0.890. The highest BCUT2D eigenvalue weighted by atomic mass is 16.5. The molecule has 1 aromatic heterocycles. The van der Waals surface area contributed by atoms with Crippen molar-refractivity contribution in [1.29, 1.82) is 0 Å². The summed E-state index contributed by atoms with van der Waals surface area (Å²) in [6.45, 7) is 1.66. The molecule has 1 amide bonds. The molecule has 1 unspecified atom stereocenters. The first-order valence-electron chi connectivity index (χ1n) is 7.54. The summed E-state index contributed by atoms with van der Waals surface area (Å²) in [5, 5.41) is 15.7. The number of rotatable bonds is 4. The Morgan fingerprint density at radius 3 is 2.43 bits per heavy atom. The Bertz CT molecular complexity index is 490. The molecule has 2 N–H and O–H groups in total. The van der Waals surface area contributed by atoms with Gasteiger partial charge in [-0.15, -0.1) is 0 Å². The van der Waals surface area contributed by atoms with Gasteiger partial charge in [-0.2, -0.15) is 0 Å². The average molecular weight is 294 g/mol. The van der Waals surface area contributed by atoms with Crippen molar-refractivity contribution in [2.24, 2.45) is 5.92 Å². The lowest BCUT2D eigenvalue weighted by molar-refractivity contribution is -0.141. The van der Waals surface area contributed by atoms with Crippen LogP contribution in [0.25, 0.3) is 0 Å². The van der Waals surface area contributed by atoms with Crippen LogP contribution in [-0.2, 0) is 4.79 Å². The summed E-state index contributed by atoms with van der Waals surface area (Å²) in [6.07, 6.45) is 8.49. The van der Waals surface area contributed by atoms with Crippen molar-refractivity contribution < 1.29 is 19.2 Å². The number of aryl methyl sites for hydroxylation is 1. The van der Waals surface area contributed by atoms with Crippen molar-refractivity contribution in [3.63, 3.8) is 0 Å². The number of carbonyl (C=O) groups excluding carboxylic acids is 1. The molecule has 0 bridgehead atoms. The zero-order chi connectivity index (χ0) is 15.2. The largest absolute Gasteiger partial charge is 0.480 e. The second kappa shape index (κ2) is 7.24. The Labute approximate surface area is 123 Å². The van der Waals surface area contributed by atoms with Crippen LogP contribution in [-0.4, -0.2) is 28.2 Å². The second-order valence-corrected chi connectivity index (χ2v) is 5.71. The van der Waals surface area contributed by atoms with Gasteiger partial charge in [0, 0.05) is 0 Å². The molecule has 0 spiro atoms. The van der Waals surface area contributed by atoms with Crippen LogP contribution < -0.4 is 5.32 Å². The molecule has 0 saturated heterocycles. The lowest BCUT2D eigenvalue weighted by Gasteiger charge is -2.26. The molecule has 1 aliphatic rings. The Hall–Kier alpha value is -1.85. The second-order valence-electron chi connectivity index (χ2n) is 5.71. The third-order valence-electron chi connectivity index (χ3n) is 4.17. The van der Waals surface area contributed by atoms with Crippen LogP contribution in [0.2, 0.25) is 0 Å². The van der Waals surface area contributed by atoms with Crippen molar-refractivity contribution in [2.75, 3.05) is 0 Å². The van der Waals surface area contributed by atoms with E-state index < -0.39 is 17.9 Å². The SMILES string of the molecule is Cc1nocc1C(=O)NC(C(=O)O)C1CCCCCCC1. The van der Waals surface area contributed by atoms with E-state index >= 15 is 0 Å². The minimum atomic E-state index is -0.969. The van der Waals surface area contributed by atoms with Gasteiger partial charge in [0.15, 0.2) is 0 Å². The van der Waals surface area contributed by atoms with Gasteiger partial charge in [0.2, 0.25) is 0 Å². The lowest BCUT2D eigenvalue weighted by Crippen LogP contribution is -2.46. The Kier molecular flexibility index (Phi) is 5.36. The van der Waals surface area contributed by atoms with Crippen molar-refractivity contribution >= 4 is 11.9 Å². The van der Waals surface area contributed by atoms with Gasteiger partial charge in [-0.1, -0.05) is 37.3 Å². The third kappa shape index (κ3) is 4.06. The van der Waals surface area contributed by atoms with Crippen LogP contribution in [0.3, 0.4) is 0 Å². The number of carbonyl (C=O) groups is 2. The van der Waals surface area contributed by atoms with Crippen molar-refractivity contribution in [2.45, 2.75) is 57.9 Å². The number of amides is 1. The monoisotopic (exact) mass is 294 g/mol. The number of hydrogen-bond acceptors (Lipinski definition) is 4. The molecule has 6 heteroatoms. The number of carboxylic acids is 1. The molecule has 2 rings (SSSR count). The molecule has 1 heterocycles. The van der Waals surface area contributed by atoms with Gasteiger partial charge in [0.05, 0.1) is 5.69 Å². The summed E-state index contributed by atoms with van der Waals surface area (Å²) in [7, 11) is 0. The predicted molar refractivity (Wildman–Crippen MR) is 75.9 cm³/mol. The fourth-order valence-electron chi connectivity index (χ4n) is 2.93. The summed E-state index contributed by atoms with van der Waals surface area (Å²) in [4.78, 5) is 23.7. The topological polar surface area (TPSA) is 92.4 Å². The first-order valence-corrected chi connectivity index (χ1v) is 7.54. The third-order valence-corrected chi connectivity index (χ3v) is 4.17. The highest BCUT2D eigenvalue weighted by Gasteiger charge is 2.30. The van der Waals surface area contributed by atoms with Gasteiger partial charge in [0.1, 0.15) is 17.9 Å². The molecular weight excluding hydrogens is 272 g/mol. The van der Waals surface area contributed by atoms with Crippen molar-refractivity contribution in [3.05, 3.63) is 17.5 Å². The highest BCUT2D eigenvalue weighted by Crippen LogP contribution is 2.25. The average Bonchev–Trinajstić information content (AvgIpc) is 2.82. The van der Waals surface area contributed by atoms with Crippen molar-refractivity contribution in [1.82, 2.24) is 10.5 Å². The van der Waals surface area contributed by atoms with Crippen LogP contribution in [0.4, 0.5) is 0 Å². The summed E-state index contributed by atoms with van der Waals surface area (Å²) >= 11 is 0. The molecule has 1 aromatic rings. The number of hydrogen-bond donors (Lipinski definition) is 2. The number of carboxylic acid groups (broad SMARTS) is 1. The standard InChI is InChI=1S/C15H22N2O4/c1-10-12(9-21-17-10)14(18)16-13(15(19)20)11-7-5-3-2-4-6-8-11/h9,11,13H,2-8H2,1H3,(H,16,18)(H,19,20). The van der Waals surface area contributed by atoms with Crippen LogP contribution >= 0.6 is 0 Å². The molecule has 0 aromatic carbocycles. The van der Waals surface area contributed by atoms with Gasteiger partial charge in [0.25, 0.3) is 5.91 Å². The summed E-state index contributed by atoms with van der Waals surface area (Å²) < 4.78 is 4.73. The Balaban J connectivity index is 2.06. The first kappa shape index (κ1) is 15.5. The van der Waals surface area contributed by atoms with Crippen LogP contribution in [0, 0.1) is 12.8 Å². The fraction of sp³-hybridized carbons (Fsp3) is 0.667. The zero-order valence-electron chi connectivity index (χ0n) is 12.3. The van der Waals surface area contributed by atoms with Gasteiger partial charge < -0.3 is 14.9 Å². The van der Waals surface area contributed by atoms with E-state index in [1.165, 1.54) is 12.7 Å². The van der Waals surface area contributed by atoms with E-state index in [0.717, 1.165) is 38.5 Å². The molecule has 0 radical (unpaired) electrons. The van der Waals surface area contributed by atoms with E-state index in [0.29, 0.717) is 11.3 Å². The van der Waals surface area contributed by atoms with E-state index in [1.54, 1.807) is 6.92 Å². The number of aliphatic carboxylic acids is 1. The molecule has 21 heavy (non-hydrogen) atoms. The molecular formula is C15H22N2O4. The number of nitrogens with zero attached hydrogens (tertiary/aromatic N) is 1. The van der Waals surface area contributed by atoms with E-state index in [1.807, 2.05) is 0 Å². The highest BCUT2D eigenvalue weighted by molar-refractivity contribution is 5.97. The molecule has 1 saturated carbocycles. The Morgan fingerprint density at radius 1 is 1.29 bits per heavy atom. The maximum absolute atomic E-state index is 12.2. The molecule has 116 valence electrons. The minimum absolute atomic E-state index is 0.00748. The van der Waals surface area contributed by atoms with E-state index in [9.17, 15) is 14.7 Å². The van der Waals surface area contributed by atoms with Crippen LogP contribution in [0.15, 0.2) is 10.8 Å². The molecule has 1 atom stereocenters. The van der Waals surface area contributed by atoms with Crippen LogP contribution in [0.1, 0.15) is 61.0 Å². The maximum atomic E-state index is 12.2. The normalized spacial score (nSPS) is 18.5. The summed E-state index contributed by atoms with van der Waals surface area (Å²) in [6, 6.07) is -0.843. The van der Waals surface area contributed by atoms with E-state index in [4.69, 9.17) is 4.52 Å². The smallest absolute Gasteiger partial charge is 0.326 e.